The first-order valence-electron chi connectivity index (χ1n) is 8.87. The molecule has 0 spiro atoms. The van der Waals surface area contributed by atoms with Crippen molar-refractivity contribution < 1.29 is 19.0 Å². The van der Waals surface area contributed by atoms with Crippen molar-refractivity contribution in [2.24, 2.45) is 0 Å². The van der Waals surface area contributed by atoms with Crippen LogP contribution in [0.15, 0.2) is 48.5 Å². The summed E-state index contributed by atoms with van der Waals surface area (Å²) in [5, 5.41) is 3.77. The van der Waals surface area contributed by atoms with Crippen molar-refractivity contribution in [3.05, 3.63) is 48.5 Å². The van der Waals surface area contributed by atoms with Gasteiger partial charge in [0.25, 0.3) is 5.19 Å². The summed E-state index contributed by atoms with van der Waals surface area (Å²) in [5.41, 5.74) is 0.938. The summed E-state index contributed by atoms with van der Waals surface area (Å²) in [5.74, 6) is 1.29. The largest absolute Gasteiger partial charge is 0.492 e. The molecule has 0 fully saturated rings. The van der Waals surface area contributed by atoms with Crippen LogP contribution < -0.4 is 14.8 Å². The summed E-state index contributed by atoms with van der Waals surface area (Å²) in [6, 6.07) is 15.4. The monoisotopic (exact) mass is 386 g/mol. The van der Waals surface area contributed by atoms with Gasteiger partial charge in [-0.15, -0.1) is 0 Å². The van der Waals surface area contributed by atoms with Crippen molar-refractivity contribution in [2.75, 3.05) is 26.3 Å². The number of fused-ring (bicyclic) bond motifs is 1. The molecule has 0 atom stereocenters. The normalized spacial score (nSPS) is 10.7. The van der Waals surface area contributed by atoms with Crippen LogP contribution in [0.1, 0.15) is 13.3 Å². The fourth-order valence-corrected chi connectivity index (χ4v) is 3.22. The zero-order chi connectivity index (χ0) is 18.9. The smallest absolute Gasteiger partial charge is 0.307 e. The van der Waals surface area contributed by atoms with Crippen molar-refractivity contribution in [2.45, 2.75) is 13.3 Å². The number of thiazole rings is 1. The predicted octanol–water partition coefficient (Wildman–Crippen LogP) is 4.01. The quantitative estimate of drug-likeness (QED) is 0.419. The van der Waals surface area contributed by atoms with Crippen LogP contribution in [0.2, 0.25) is 0 Å². The molecule has 0 aliphatic heterocycles. The molecule has 0 unspecified atom stereocenters. The standard InChI is InChI=1S/C20H22N2O4S/c1-2-24-19(23)11-12-21-13-14-25-15-7-9-16(10-8-15)26-20-22-17-5-3-4-6-18(17)27-20/h3-10,21H,2,11-14H2,1H3. The Kier molecular flexibility index (Phi) is 7.01. The Hall–Kier alpha value is -2.64. The van der Waals surface area contributed by atoms with Crippen LogP contribution in [0.4, 0.5) is 0 Å². The molecule has 7 heteroatoms. The van der Waals surface area contributed by atoms with Crippen molar-refractivity contribution in [3.8, 4) is 16.7 Å². The van der Waals surface area contributed by atoms with Gasteiger partial charge in [-0.1, -0.05) is 23.5 Å². The average molecular weight is 386 g/mol. The van der Waals surface area contributed by atoms with Crippen molar-refractivity contribution in [1.29, 1.82) is 0 Å². The van der Waals surface area contributed by atoms with E-state index < -0.39 is 0 Å². The zero-order valence-corrected chi connectivity index (χ0v) is 16.0. The number of rotatable bonds is 10. The SMILES string of the molecule is CCOC(=O)CCNCCOc1ccc(Oc2nc3ccccc3s2)cc1. The first-order chi connectivity index (χ1) is 13.2. The highest BCUT2D eigenvalue weighted by Crippen LogP contribution is 2.31. The second-order valence-electron chi connectivity index (χ2n) is 5.67. The van der Waals surface area contributed by atoms with E-state index in [-0.39, 0.29) is 5.97 Å². The number of hydrogen-bond donors (Lipinski definition) is 1. The number of benzene rings is 2. The number of aromatic nitrogens is 1. The molecule has 1 N–H and O–H groups in total. The second-order valence-corrected chi connectivity index (χ2v) is 6.67. The lowest BCUT2D eigenvalue weighted by Crippen LogP contribution is -2.24. The molecule has 1 heterocycles. The van der Waals surface area contributed by atoms with Crippen molar-refractivity contribution in [3.63, 3.8) is 0 Å². The highest BCUT2D eigenvalue weighted by molar-refractivity contribution is 7.20. The molecule has 3 rings (SSSR count). The highest BCUT2D eigenvalue weighted by atomic mass is 32.1. The lowest BCUT2D eigenvalue weighted by molar-refractivity contribution is -0.142. The maximum atomic E-state index is 11.2. The fourth-order valence-electron chi connectivity index (χ4n) is 2.39. The molecular formula is C20H22N2O4S. The lowest BCUT2D eigenvalue weighted by atomic mass is 10.3. The topological polar surface area (TPSA) is 69.7 Å². The van der Waals surface area contributed by atoms with E-state index in [1.54, 1.807) is 6.92 Å². The molecule has 0 aliphatic carbocycles. The van der Waals surface area contributed by atoms with Gasteiger partial charge in [-0.3, -0.25) is 4.79 Å². The molecule has 2 aromatic carbocycles. The number of carbonyl (C=O) groups excluding carboxylic acids is 1. The van der Waals surface area contributed by atoms with Gasteiger partial charge in [0.2, 0.25) is 0 Å². The zero-order valence-electron chi connectivity index (χ0n) is 15.1. The average Bonchev–Trinajstić information content (AvgIpc) is 3.08. The number of nitrogens with one attached hydrogen (secondary N) is 1. The van der Waals surface area contributed by atoms with E-state index in [1.165, 1.54) is 11.3 Å². The van der Waals surface area contributed by atoms with Crippen LogP contribution in [0, 0.1) is 0 Å². The summed E-state index contributed by atoms with van der Waals surface area (Å²) in [6.45, 7) is 3.97. The summed E-state index contributed by atoms with van der Waals surface area (Å²) in [6.07, 6.45) is 0.367. The van der Waals surface area contributed by atoms with Crippen molar-refractivity contribution in [1.82, 2.24) is 10.3 Å². The third-order valence-corrected chi connectivity index (χ3v) is 4.58. The Labute approximate surface area is 162 Å². The van der Waals surface area contributed by atoms with Gasteiger partial charge in [0.05, 0.1) is 23.2 Å². The number of para-hydroxylation sites is 1. The number of nitrogens with zero attached hydrogens (tertiary/aromatic N) is 1. The van der Waals surface area contributed by atoms with Crippen LogP contribution in [0.5, 0.6) is 16.7 Å². The summed E-state index contributed by atoms with van der Waals surface area (Å²) in [4.78, 5) is 15.7. The van der Waals surface area contributed by atoms with Gasteiger partial charge >= 0.3 is 5.97 Å². The highest BCUT2D eigenvalue weighted by Gasteiger charge is 2.06. The van der Waals surface area contributed by atoms with E-state index in [4.69, 9.17) is 14.2 Å². The van der Waals surface area contributed by atoms with Crippen LogP contribution in [-0.4, -0.2) is 37.3 Å². The van der Waals surface area contributed by atoms with Crippen LogP contribution in [0.25, 0.3) is 10.2 Å². The van der Waals surface area contributed by atoms with E-state index in [0.717, 1.165) is 16.0 Å². The second kappa shape index (κ2) is 9.89. The van der Waals surface area contributed by atoms with Gasteiger partial charge in [-0.2, -0.15) is 0 Å². The summed E-state index contributed by atoms with van der Waals surface area (Å²) >= 11 is 1.52. The van der Waals surface area contributed by atoms with E-state index in [1.807, 2.05) is 48.5 Å². The van der Waals surface area contributed by atoms with E-state index >= 15 is 0 Å². The molecular weight excluding hydrogens is 364 g/mol. The van der Waals surface area contributed by atoms with Gasteiger partial charge in [0.15, 0.2) is 0 Å². The minimum Gasteiger partial charge on any atom is -0.492 e. The molecule has 0 saturated heterocycles. The Morgan fingerprint density at radius 1 is 1.07 bits per heavy atom. The molecule has 3 aromatic rings. The number of hydrogen-bond acceptors (Lipinski definition) is 7. The third-order valence-electron chi connectivity index (χ3n) is 3.66. The molecule has 0 saturated carbocycles. The molecule has 1 aromatic heterocycles. The van der Waals surface area contributed by atoms with Crippen LogP contribution >= 0.6 is 11.3 Å². The van der Waals surface area contributed by atoms with Gasteiger partial charge in [-0.25, -0.2) is 4.98 Å². The minimum atomic E-state index is -0.186. The Morgan fingerprint density at radius 2 is 1.85 bits per heavy atom. The lowest BCUT2D eigenvalue weighted by Gasteiger charge is -2.08. The molecule has 0 amide bonds. The van der Waals surface area contributed by atoms with Gasteiger partial charge in [0, 0.05) is 13.1 Å². The van der Waals surface area contributed by atoms with Crippen LogP contribution in [0.3, 0.4) is 0 Å². The molecule has 0 aliphatic rings. The van der Waals surface area contributed by atoms with Crippen LogP contribution in [-0.2, 0) is 9.53 Å². The maximum Gasteiger partial charge on any atom is 0.307 e. The Balaban J connectivity index is 1.39. The summed E-state index contributed by atoms with van der Waals surface area (Å²) < 4.78 is 17.4. The summed E-state index contributed by atoms with van der Waals surface area (Å²) in [7, 11) is 0. The van der Waals surface area contributed by atoms with Gasteiger partial charge in [-0.05, 0) is 43.3 Å². The molecule has 0 bridgehead atoms. The molecule has 27 heavy (non-hydrogen) atoms. The van der Waals surface area contributed by atoms with Gasteiger partial charge in [0.1, 0.15) is 18.1 Å². The molecule has 0 radical (unpaired) electrons. The Morgan fingerprint density at radius 3 is 2.63 bits per heavy atom. The minimum absolute atomic E-state index is 0.186. The first-order valence-corrected chi connectivity index (χ1v) is 9.69. The predicted molar refractivity (Wildman–Crippen MR) is 106 cm³/mol. The van der Waals surface area contributed by atoms with E-state index in [0.29, 0.717) is 43.7 Å². The van der Waals surface area contributed by atoms with Gasteiger partial charge < -0.3 is 19.5 Å². The number of ether oxygens (including phenoxy) is 3. The van der Waals surface area contributed by atoms with E-state index in [9.17, 15) is 4.79 Å². The first kappa shape index (κ1) is 19.1. The maximum absolute atomic E-state index is 11.2. The number of carbonyl (C=O) groups is 1. The van der Waals surface area contributed by atoms with Crippen molar-refractivity contribution >= 4 is 27.5 Å². The fraction of sp³-hybridized carbons (Fsp3) is 0.300. The number of esters is 1. The molecule has 142 valence electrons. The van der Waals surface area contributed by atoms with E-state index in [2.05, 4.69) is 10.3 Å². The Bertz CT molecular complexity index is 831. The third kappa shape index (κ3) is 5.94. The molecule has 6 nitrogen and oxygen atoms in total.